The Hall–Kier alpha value is -2.42. The van der Waals surface area contributed by atoms with Crippen LogP contribution < -0.4 is 5.32 Å². The van der Waals surface area contributed by atoms with Gasteiger partial charge in [0.15, 0.2) is 7.98 Å². The zero-order valence-corrected chi connectivity index (χ0v) is 20.3. The Morgan fingerprint density at radius 2 is 1.56 bits per heavy atom. The van der Waals surface area contributed by atoms with Crippen molar-refractivity contribution >= 4 is 33.6 Å². The van der Waals surface area contributed by atoms with Crippen LogP contribution in [0.1, 0.15) is 42.9 Å². The molecule has 162 valence electrons. The molecule has 3 nitrogen and oxygen atoms in total. The second-order valence-electron chi connectivity index (χ2n) is 9.08. The molecule has 0 amide bonds. The minimum Gasteiger partial charge on any atom is -0.376 e. The van der Waals surface area contributed by atoms with Gasteiger partial charge in [-0.2, -0.15) is 0 Å². The number of hydrogen-bond acceptors (Lipinski definition) is 3. The minimum atomic E-state index is -0.0929. The maximum Gasteiger partial charge on any atom is 0.182 e. The smallest absolute Gasteiger partial charge is 0.182 e. The zero-order valence-electron chi connectivity index (χ0n) is 19.3. The normalized spacial score (nSPS) is 18.0. The molecule has 0 aliphatic carbocycles. The molecule has 1 N–H and O–H groups in total. The van der Waals surface area contributed by atoms with Gasteiger partial charge in [-0.3, -0.25) is 0 Å². The van der Waals surface area contributed by atoms with Crippen molar-refractivity contribution in [3.05, 3.63) is 95.6 Å². The van der Waals surface area contributed by atoms with Gasteiger partial charge in [-0.1, -0.05) is 72.8 Å². The Kier molecular flexibility index (Phi) is 6.83. The Morgan fingerprint density at radius 1 is 0.969 bits per heavy atom. The molecule has 3 aromatic carbocycles. The number of hydrogen-bond donors (Lipinski definition) is 1. The third-order valence-corrected chi connectivity index (χ3v) is 7.66. The first-order valence-corrected chi connectivity index (χ1v) is 12.7. The van der Waals surface area contributed by atoms with Crippen molar-refractivity contribution in [3.63, 3.8) is 0 Å². The highest BCUT2D eigenvalue weighted by molar-refractivity contribution is 7.38. The summed E-state index contributed by atoms with van der Waals surface area (Å²) >= 11 is 0. The quantitative estimate of drug-likeness (QED) is 0.270. The van der Waals surface area contributed by atoms with Crippen LogP contribution in [0.3, 0.4) is 0 Å². The highest BCUT2D eigenvalue weighted by atomic mass is 31.1. The van der Waals surface area contributed by atoms with E-state index >= 15 is 0 Å². The van der Waals surface area contributed by atoms with Crippen LogP contribution >= 0.6 is 8.58 Å². The lowest BCUT2D eigenvalue weighted by molar-refractivity contribution is 0.242. The van der Waals surface area contributed by atoms with E-state index in [1.54, 1.807) is 0 Å². The Labute approximate surface area is 195 Å². The van der Waals surface area contributed by atoms with E-state index < -0.39 is 0 Å². The van der Waals surface area contributed by atoms with Crippen LogP contribution in [0.15, 0.2) is 83.9 Å². The molecule has 3 unspecified atom stereocenters. The molecule has 0 bridgehead atoms. The van der Waals surface area contributed by atoms with Crippen molar-refractivity contribution < 1.29 is 0 Å². The summed E-state index contributed by atoms with van der Waals surface area (Å²) in [6, 6.07) is 27.4. The fraction of sp³-hybridized carbons (Fsp3) is 0.296. The average Bonchev–Trinajstić information content (AvgIpc) is 3.16. The molecule has 5 heteroatoms. The number of anilines is 1. The van der Waals surface area contributed by atoms with Gasteiger partial charge in [0.1, 0.15) is 0 Å². The second kappa shape index (κ2) is 9.61. The SMILES string of the molecule is [B]N(C)C(C)(C)CC1c2cccc(N=C(c3ccccc3)c3ccccc3)c2NC1PC. The van der Waals surface area contributed by atoms with Gasteiger partial charge in [0.25, 0.3) is 0 Å². The van der Waals surface area contributed by atoms with E-state index in [-0.39, 0.29) is 5.54 Å². The van der Waals surface area contributed by atoms with E-state index in [2.05, 4.69) is 92.6 Å². The molecule has 32 heavy (non-hydrogen) atoms. The summed E-state index contributed by atoms with van der Waals surface area (Å²) in [6.07, 6.45) is 0.989. The molecule has 1 heterocycles. The number of benzene rings is 3. The first-order chi connectivity index (χ1) is 15.4. The largest absolute Gasteiger partial charge is 0.376 e. The first kappa shape index (κ1) is 22.8. The highest BCUT2D eigenvalue weighted by Crippen LogP contribution is 2.49. The van der Waals surface area contributed by atoms with Gasteiger partial charge in [0, 0.05) is 28.4 Å². The van der Waals surface area contributed by atoms with E-state index in [9.17, 15) is 0 Å². The van der Waals surface area contributed by atoms with Gasteiger partial charge in [-0.15, -0.1) is 8.58 Å². The summed E-state index contributed by atoms with van der Waals surface area (Å²) in [7, 11) is 8.92. The number of nitrogens with one attached hydrogen (secondary N) is 1. The molecular weight excluding hydrogens is 408 g/mol. The highest BCUT2D eigenvalue weighted by Gasteiger charge is 2.37. The van der Waals surface area contributed by atoms with E-state index in [0.717, 1.165) is 43.2 Å². The summed E-state index contributed by atoms with van der Waals surface area (Å²) in [4.78, 5) is 7.07. The Morgan fingerprint density at radius 3 is 2.09 bits per heavy atom. The number of aliphatic imine (C=N–C) groups is 1. The third-order valence-electron chi connectivity index (χ3n) is 6.49. The molecule has 0 spiro atoms. The molecule has 0 fully saturated rings. The van der Waals surface area contributed by atoms with Gasteiger partial charge in [0.05, 0.1) is 17.1 Å². The molecule has 4 rings (SSSR count). The van der Waals surface area contributed by atoms with Gasteiger partial charge < -0.3 is 10.1 Å². The van der Waals surface area contributed by atoms with Crippen molar-refractivity contribution in [1.82, 2.24) is 4.81 Å². The molecule has 3 aromatic rings. The van der Waals surface area contributed by atoms with Crippen LogP contribution in [0.4, 0.5) is 11.4 Å². The van der Waals surface area contributed by atoms with Crippen LogP contribution in [0.25, 0.3) is 0 Å². The van der Waals surface area contributed by atoms with Crippen LogP contribution in [0, 0.1) is 0 Å². The fourth-order valence-electron chi connectivity index (χ4n) is 4.34. The lowest BCUT2D eigenvalue weighted by atomic mass is 9.84. The molecule has 0 saturated heterocycles. The number of rotatable bonds is 7. The maximum atomic E-state index is 6.17. The van der Waals surface area contributed by atoms with Crippen LogP contribution in [-0.4, -0.2) is 43.5 Å². The molecule has 0 aromatic heterocycles. The van der Waals surface area contributed by atoms with Crippen molar-refractivity contribution in [3.8, 4) is 0 Å². The van der Waals surface area contributed by atoms with Crippen molar-refractivity contribution in [2.24, 2.45) is 4.99 Å². The van der Waals surface area contributed by atoms with Crippen molar-refractivity contribution in [1.29, 1.82) is 0 Å². The molecule has 3 atom stereocenters. The fourth-order valence-corrected chi connectivity index (χ4v) is 5.33. The molecule has 2 radical (unpaired) electrons. The average molecular weight is 439 g/mol. The van der Waals surface area contributed by atoms with Crippen LogP contribution in [0.5, 0.6) is 0 Å². The Balaban J connectivity index is 1.80. The van der Waals surface area contributed by atoms with E-state index in [0.29, 0.717) is 11.7 Å². The summed E-state index contributed by atoms with van der Waals surface area (Å²) in [6.45, 7) is 6.70. The van der Waals surface area contributed by atoms with Crippen LogP contribution in [0.2, 0.25) is 0 Å². The second-order valence-corrected chi connectivity index (χ2v) is 10.3. The van der Waals surface area contributed by atoms with Gasteiger partial charge >= 0.3 is 0 Å². The lowest BCUT2D eigenvalue weighted by Crippen LogP contribution is -2.41. The minimum absolute atomic E-state index is 0.0929. The standard InChI is InChI=1S/C27H31BN3P/c1-27(2,31(3)28)18-22-21-16-11-17-23(25(21)30-26(22)32-4)29-24(19-12-7-5-8-13-19)20-14-9-6-10-15-20/h5-17,22,26,30,32H,18H2,1-4H3. The monoisotopic (exact) mass is 439 g/mol. The van der Waals surface area contributed by atoms with E-state index in [1.165, 1.54) is 5.56 Å². The van der Waals surface area contributed by atoms with E-state index in [4.69, 9.17) is 13.0 Å². The predicted octanol–water partition coefficient (Wildman–Crippen LogP) is 6.18. The van der Waals surface area contributed by atoms with E-state index in [1.807, 2.05) is 24.0 Å². The predicted molar refractivity (Wildman–Crippen MR) is 141 cm³/mol. The first-order valence-electron chi connectivity index (χ1n) is 11.2. The summed E-state index contributed by atoms with van der Waals surface area (Å²) in [5.74, 6) is 0.804. The number of para-hydroxylation sites is 1. The topological polar surface area (TPSA) is 27.6 Å². The van der Waals surface area contributed by atoms with Gasteiger partial charge in [-0.25, -0.2) is 4.99 Å². The third kappa shape index (κ3) is 4.67. The number of fused-ring (bicyclic) bond motifs is 1. The molecule has 1 aliphatic heterocycles. The van der Waals surface area contributed by atoms with Gasteiger partial charge in [0.2, 0.25) is 0 Å². The summed E-state index contributed by atoms with van der Waals surface area (Å²) in [5, 5.41) is 3.82. The van der Waals surface area contributed by atoms with Crippen molar-refractivity contribution in [2.45, 2.75) is 37.5 Å². The van der Waals surface area contributed by atoms with Gasteiger partial charge in [-0.05, 0) is 45.6 Å². The van der Waals surface area contributed by atoms with Crippen LogP contribution in [-0.2, 0) is 0 Å². The summed E-state index contributed by atoms with van der Waals surface area (Å²) < 4.78 is 0. The zero-order chi connectivity index (χ0) is 22.7. The van der Waals surface area contributed by atoms with Crippen molar-refractivity contribution in [2.75, 3.05) is 19.0 Å². The summed E-state index contributed by atoms with van der Waals surface area (Å²) in [5.41, 5.74) is 6.64. The molecule has 0 saturated carbocycles. The molecule has 1 aliphatic rings. The maximum absolute atomic E-state index is 6.17. The Bertz CT molecular complexity index is 1040. The number of nitrogens with zero attached hydrogens (tertiary/aromatic N) is 2. The lowest BCUT2D eigenvalue weighted by Gasteiger charge is -2.37. The molecular formula is C27H31BN3P.